The standard InChI is InChI=1S/C8H12N6O2S/c1-5-10-4-7(13-5)17(15,16)12-3-6-2-11-14-8(6)9/h2,4,12H,3H2,1H3,(H,10,13)(H3,9,11,14). The maximum absolute atomic E-state index is 11.8. The van der Waals surface area contributed by atoms with Crippen LogP contribution in [0.15, 0.2) is 17.4 Å². The van der Waals surface area contributed by atoms with Crippen LogP contribution in [0.25, 0.3) is 0 Å². The number of aromatic amines is 2. The lowest BCUT2D eigenvalue weighted by atomic mass is 10.3. The number of aryl methyl sites for hydroxylation is 1. The molecule has 0 aliphatic carbocycles. The SMILES string of the molecule is Cc1ncc(S(=O)(=O)NCc2cn[nH]c2N)[nH]1. The molecule has 0 unspecified atom stereocenters. The molecule has 0 bridgehead atoms. The van der Waals surface area contributed by atoms with Crippen LogP contribution >= 0.6 is 0 Å². The third kappa shape index (κ3) is 2.45. The molecule has 0 aromatic carbocycles. The number of anilines is 1. The Morgan fingerprint density at radius 2 is 2.24 bits per heavy atom. The van der Waals surface area contributed by atoms with Crippen LogP contribution in [0, 0.1) is 6.92 Å². The zero-order chi connectivity index (χ0) is 12.5. The quantitative estimate of drug-likeness (QED) is 0.586. The Labute approximate surface area is 97.7 Å². The van der Waals surface area contributed by atoms with Gasteiger partial charge in [-0.15, -0.1) is 0 Å². The first-order chi connectivity index (χ1) is 7.99. The zero-order valence-electron chi connectivity index (χ0n) is 9.06. The number of H-pyrrole nitrogens is 2. The second-order valence-corrected chi connectivity index (χ2v) is 5.20. The molecule has 0 atom stereocenters. The summed E-state index contributed by atoms with van der Waals surface area (Å²) in [5, 5.41) is 6.24. The van der Waals surface area contributed by atoms with Crippen molar-refractivity contribution < 1.29 is 8.42 Å². The van der Waals surface area contributed by atoms with Crippen LogP contribution < -0.4 is 10.5 Å². The van der Waals surface area contributed by atoms with Gasteiger partial charge in [0.1, 0.15) is 11.6 Å². The first-order valence-electron chi connectivity index (χ1n) is 4.78. The molecular weight excluding hydrogens is 244 g/mol. The minimum atomic E-state index is -3.60. The van der Waals surface area contributed by atoms with Gasteiger partial charge in [0, 0.05) is 12.1 Å². The number of nitrogens with two attached hydrogens (primary N) is 1. The summed E-state index contributed by atoms with van der Waals surface area (Å²) >= 11 is 0. The van der Waals surface area contributed by atoms with Crippen molar-refractivity contribution in [2.75, 3.05) is 5.73 Å². The predicted molar refractivity (Wildman–Crippen MR) is 60.4 cm³/mol. The monoisotopic (exact) mass is 256 g/mol. The van der Waals surface area contributed by atoms with E-state index in [-0.39, 0.29) is 11.6 Å². The number of imidazole rings is 1. The lowest BCUT2D eigenvalue weighted by molar-refractivity contribution is 0.578. The van der Waals surface area contributed by atoms with E-state index >= 15 is 0 Å². The normalized spacial score (nSPS) is 11.8. The summed E-state index contributed by atoms with van der Waals surface area (Å²) in [5.41, 5.74) is 6.13. The van der Waals surface area contributed by atoms with Crippen molar-refractivity contribution in [2.45, 2.75) is 18.5 Å². The Kier molecular flexibility index (Phi) is 2.86. The van der Waals surface area contributed by atoms with Crippen LogP contribution in [0.4, 0.5) is 5.82 Å². The number of nitrogens with zero attached hydrogens (tertiary/aromatic N) is 2. The first kappa shape index (κ1) is 11.6. The second-order valence-electron chi connectivity index (χ2n) is 3.47. The van der Waals surface area contributed by atoms with Gasteiger partial charge in [-0.25, -0.2) is 18.1 Å². The molecular formula is C8H12N6O2S. The van der Waals surface area contributed by atoms with Crippen LogP contribution in [-0.2, 0) is 16.6 Å². The number of hydrogen-bond donors (Lipinski definition) is 4. The van der Waals surface area contributed by atoms with E-state index < -0.39 is 10.0 Å². The fraction of sp³-hybridized carbons (Fsp3) is 0.250. The number of nitrogens with one attached hydrogen (secondary N) is 3. The average Bonchev–Trinajstić information content (AvgIpc) is 2.85. The number of rotatable bonds is 4. The van der Waals surface area contributed by atoms with Crippen molar-refractivity contribution in [1.29, 1.82) is 0 Å². The van der Waals surface area contributed by atoms with E-state index in [2.05, 4.69) is 24.9 Å². The second kappa shape index (κ2) is 4.18. The molecule has 5 N–H and O–H groups in total. The average molecular weight is 256 g/mol. The topological polar surface area (TPSA) is 130 Å². The molecule has 0 aliphatic heterocycles. The van der Waals surface area contributed by atoms with Crippen molar-refractivity contribution in [2.24, 2.45) is 0 Å². The van der Waals surface area contributed by atoms with Gasteiger partial charge < -0.3 is 10.7 Å². The molecule has 0 spiro atoms. The molecule has 0 saturated carbocycles. The lowest BCUT2D eigenvalue weighted by Gasteiger charge is -2.03. The number of nitrogen functional groups attached to an aromatic ring is 1. The largest absolute Gasteiger partial charge is 0.384 e. The van der Waals surface area contributed by atoms with Crippen LogP contribution in [0.1, 0.15) is 11.4 Å². The number of sulfonamides is 1. The summed E-state index contributed by atoms with van der Waals surface area (Å²) in [6.45, 7) is 1.75. The van der Waals surface area contributed by atoms with Crippen LogP contribution in [-0.4, -0.2) is 28.6 Å². The first-order valence-corrected chi connectivity index (χ1v) is 6.26. The van der Waals surface area contributed by atoms with Gasteiger partial charge in [-0.1, -0.05) is 0 Å². The Hall–Kier alpha value is -1.87. The van der Waals surface area contributed by atoms with Crippen LogP contribution in [0.3, 0.4) is 0 Å². The molecule has 2 rings (SSSR count). The van der Waals surface area contributed by atoms with E-state index in [4.69, 9.17) is 5.73 Å². The van der Waals surface area contributed by atoms with Gasteiger partial charge in [0.15, 0.2) is 5.03 Å². The Morgan fingerprint density at radius 3 is 2.76 bits per heavy atom. The van der Waals surface area contributed by atoms with E-state index in [0.717, 1.165) is 0 Å². The molecule has 0 aliphatic rings. The van der Waals surface area contributed by atoms with Crippen molar-refractivity contribution in [3.05, 3.63) is 23.8 Å². The van der Waals surface area contributed by atoms with Gasteiger partial charge in [-0.2, -0.15) is 5.10 Å². The molecule has 2 aromatic rings. The molecule has 0 radical (unpaired) electrons. The zero-order valence-corrected chi connectivity index (χ0v) is 9.87. The molecule has 2 heterocycles. The Morgan fingerprint density at radius 1 is 1.47 bits per heavy atom. The van der Waals surface area contributed by atoms with E-state index in [0.29, 0.717) is 17.2 Å². The van der Waals surface area contributed by atoms with Gasteiger partial charge in [0.2, 0.25) is 0 Å². The summed E-state index contributed by atoms with van der Waals surface area (Å²) in [7, 11) is -3.60. The lowest BCUT2D eigenvalue weighted by Crippen LogP contribution is -2.23. The van der Waals surface area contributed by atoms with Gasteiger partial charge in [-0.3, -0.25) is 5.10 Å². The highest BCUT2D eigenvalue weighted by molar-refractivity contribution is 7.89. The highest BCUT2D eigenvalue weighted by atomic mass is 32.2. The third-order valence-corrected chi connectivity index (χ3v) is 3.48. The maximum Gasteiger partial charge on any atom is 0.257 e. The molecule has 0 amide bonds. The van der Waals surface area contributed by atoms with Gasteiger partial charge in [0.25, 0.3) is 10.0 Å². The van der Waals surface area contributed by atoms with Crippen molar-refractivity contribution in [3.63, 3.8) is 0 Å². The smallest absolute Gasteiger partial charge is 0.257 e. The molecule has 17 heavy (non-hydrogen) atoms. The molecule has 0 saturated heterocycles. The van der Waals surface area contributed by atoms with Gasteiger partial charge in [-0.05, 0) is 6.92 Å². The minimum absolute atomic E-state index is 0.0251. The Balaban J connectivity index is 2.11. The molecule has 0 fully saturated rings. The summed E-state index contributed by atoms with van der Waals surface area (Å²) in [6.07, 6.45) is 2.73. The molecule has 9 heteroatoms. The maximum atomic E-state index is 11.8. The van der Waals surface area contributed by atoms with Gasteiger partial charge >= 0.3 is 0 Å². The summed E-state index contributed by atoms with van der Waals surface area (Å²) in [6, 6.07) is 0. The number of hydrogen-bond acceptors (Lipinski definition) is 5. The summed E-state index contributed by atoms with van der Waals surface area (Å²) in [4.78, 5) is 6.47. The Bertz CT molecular complexity index is 614. The van der Waals surface area contributed by atoms with Crippen LogP contribution in [0.5, 0.6) is 0 Å². The molecule has 8 nitrogen and oxygen atoms in total. The minimum Gasteiger partial charge on any atom is -0.384 e. The summed E-state index contributed by atoms with van der Waals surface area (Å²) < 4.78 is 26.0. The van der Waals surface area contributed by atoms with E-state index in [1.54, 1.807) is 6.92 Å². The molecule has 2 aromatic heterocycles. The van der Waals surface area contributed by atoms with Gasteiger partial charge in [0.05, 0.1) is 12.4 Å². The van der Waals surface area contributed by atoms with E-state index in [1.807, 2.05) is 0 Å². The van der Waals surface area contributed by atoms with Crippen molar-refractivity contribution in [3.8, 4) is 0 Å². The fourth-order valence-electron chi connectivity index (χ4n) is 1.25. The van der Waals surface area contributed by atoms with Crippen LogP contribution in [0.2, 0.25) is 0 Å². The van der Waals surface area contributed by atoms with E-state index in [1.165, 1.54) is 12.4 Å². The van der Waals surface area contributed by atoms with Crippen molar-refractivity contribution >= 4 is 15.8 Å². The third-order valence-electron chi connectivity index (χ3n) is 2.17. The highest BCUT2D eigenvalue weighted by Gasteiger charge is 2.16. The predicted octanol–water partition coefficient (Wildman–Crippen LogP) is -0.498. The number of aromatic nitrogens is 4. The van der Waals surface area contributed by atoms with Crippen molar-refractivity contribution in [1.82, 2.24) is 24.9 Å². The van der Waals surface area contributed by atoms with E-state index in [9.17, 15) is 8.42 Å². The fourth-order valence-corrected chi connectivity index (χ4v) is 2.22. The summed E-state index contributed by atoms with van der Waals surface area (Å²) in [5.74, 6) is 0.877. The molecule has 92 valence electrons. The highest BCUT2D eigenvalue weighted by Crippen LogP contribution is 2.09.